The van der Waals surface area contributed by atoms with Crippen molar-refractivity contribution < 1.29 is 14.3 Å². The van der Waals surface area contributed by atoms with Crippen LogP contribution in [0.2, 0.25) is 0 Å². The first kappa shape index (κ1) is 27.3. The third-order valence-corrected chi connectivity index (χ3v) is 5.47. The van der Waals surface area contributed by atoms with Gasteiger partial charge in [0, 0.05) is 30.4 Å². The van der Waals surface area contributed by atoms with Crippen LogP contribution in [0.4, 0.5) is 5.95 Å². The third kappa shape index (κ3) is 9.09. The molecule has 1 heterocycles. The molecule has 0 radical (unpaired) electrons. The molecule has 0 aliphatic heterocycles. The van der Waals surface area contributed by atoms with Crippen molar-refractivity contribution in [3.05, 3.63) is 71.0 Å². The standard InChI is InChI=1S/C26H33BrN6O3/c1-2-35-26-32-23(17-19-5-9-21(10-6-19)24(34)29-15-4-3-14-28)31-25(33-26)30-18-20-7-11-22(12-8-20)36-16-13-27/h5-12H,2-4,13-18,28H2,1H3,(H,29,34)(H,30,31,32,33). The molecule has 192 valence electrons. The number of aromatic nitrogens is 3. The molecular weight excluding hydrogens is 524 g/mol. The van der Waals surface area contributed by atoms with Crippen molar-refractivity contribution in [2.75, 3.05) is 37.0 Å². The van der Waals surface area contributed by atoms with Gasteiger partial charge in [-0.2, -0.15) is 15.0 Å². The first-order valence-electron chi connectivity index (χ1n) is 12.1. The molecular formula is C26H33BrN6O3. The quantitative estimate of drug-likeness (QED) is 0.191. The molecule has 0 spiro atoms. The Labute approximate surface area is 220 Å². The number of unbranched alkanes of at least 4 members (excludes halogenated alkanes) is 1. The van der Waals surface area contributed by atoms with Gasteiger partial charge in [0.15, 0.2) is 0 Å². The van der Waals surface area contributed by atoms with Gasteiger partial charge in [-0.1, -0.05) is 40.2 Å². The topological polar surface area (TPSA) is 124 Å². The van der Waals surface area contributed by atoms with Crippen LogP contribution in [0.3, 0.4) is 0 Å². The van der Waals surface area contributed by atoms with Crippen LogP contribution in [0.25, 0.3) is 0 Å². The summed E-state index contributed by atoms with van der Waals surface area (Å²) >= 11 is 3.35. The van der Waals surface area contributed by atoms with E-state index in [1.807, 2.05) is 55.5 Å². The summed E-state index contributed by atoms with van der Waals surface area (Å²) in [6.45, 7) is 4.75. The molecule has 0 unspecified atom stereocenters. The zero-order valence-corrected chi connectivity index (χ0v) is 22.1. The number of carbonyl (C=O) groups is 1. The molecule has 3 rings (SSSR count). The molecule has 2 aromatic carbocycles. The number of carbonyl (C=O) groups excluding carboxylic acids is 1. The van der Waals surface area contributed by atoms with Crippen LogP contribution in [0.1, 0.15) is 47.1 Å². The predicted molar refractivity (Wildman–Crippen MR) is 144 cm³/mol. The molecule has 1 amide bonds. The Kier molecular flexibility index (Phi) is 11.4. The number of hydrogen-bond donors (Lipinski definition) is 3. The minimum atomic E-state index is -0.0911. The Morgan fingerprint density at radius 1 is 0.972 bits per heavy atom. The number of alkyl halides is 1. The fourth-order valence-corrected chi connectivity index (χ4v) is 3.48. The highest BCUT2D eigenvalue weighted by atomic mass is 79.9. The first-order valence-corrected chi connectivity index (χ1v) is 13.2. The van der Waals surface area contributed by atoms with Gasteiger partial charge in [0.1, 0.15) is 11.6 Å². The lowest BCUT2D eigenvalue weighted by Crippen LogP contribution is -2.24. The van der Waals surface area contributed by atoms with Crippen molar-refractivity contribution in [3.63, 3.8) is 0 Å². The summed E-state index contributed by atoms with van der Waals surface area (Å²) in [6, 6.07) is 15.6. The van der Waals surface area contributed by atoms with Gasteiger partial charge in [-0.05, 0) is 61.7 Å². The molecule has 0 aliphatic carbocycles. The summed E-state index contributed by atoms with van der Waals surface area (Å²) in [5.74, 6) is 1.76. The van der Waals surface area contributed by atoms with Crippen LogP contribution in [-0.4, -0.2) is 52.5 Å². The van der Waals surface area contributed by atoms with Gasteiger partial charge < -0.3 is 25.8 Å². The van der Waals surface area contributed by atoms with Crippen LogP contribution in [0.5, 0.6) is 11.8 Å². The maximum Gasteiger partial charge on any atom is 0.321 e. The van der Waals surface area contributed by atoms with Gasteiger partial charge in [0.25, 0.3) is 5.91 Å². The lowest BCUT2D eigenvalue weighted by molar-refractivity contribution is 0.0953. The van der Waals surface area contributed by atoms with Gasteiger partial charge >= 0.3 is 6.01 Å². The fraction of sp³-hybridized carbons (Fsp3) is 0.385. The highest BCUT2D eigenvalue weighted by molar-refractivity contribution is 9.09. The van der Waals surface area contributed by atoms with Gasteiger partial charge in [-0.3, -0.25) is 4.79 Å². The molecule has 0 saturated heterocycles. The lowest BCUT2D eigenvalue weighted by Gasteiger charge is -2.10. The van der Waals surface area contributed by atoms with Crippen molar-refractivity contribution in [3.8, 4) is 11.8 Å². The fourth-order valence-electron chi connectivity index (χ4n) is 3.32. The van der Waals surface area contributed by atoms with E-state index >= 15 is 0 Å². The minimum absolute atomic E-state index is 0.0911. The number of rotatable bonds is 15. The zero-order valence-electron chi connectivity index (χ0n) is 20.5. The van der Waals surface area contributed by atoms with E-state index < -0.39 is 0 Å². The normalized spacial score (nSPS) is 10.6. The number of halogens is 1. The molecule has 0 bridgehead atoms. The second-order valence-electron chi connectivity index (χ2n) is 7.95. The summed E-state index contributed by atoms with van der Waals surface area (Å²) in [4.78, 5) is 25.7. The van der Waals surface area contributed by atoms with Crippen molar-refractivity contribution in [1.82, 2.24) is 20.3 Å². The molecule has 9 nitrogen and oxygen atoms in total. The Bertz CT molecular complexity index is 1080. The second-order valence-corrected chi connectivity index (χ2v) is 8.74. The highest BCUT2D eigenvalue weighted by Crippen LogP contribution is 2.16. The monoisotopic (exact) mass is 556 g/mol. The molecule has 0 saturated carbocycles. The van der Waals surface area contributed by atoms with Crippen LogP contribution in [-0.2, 0) is 13.0 Å². The smallest absolute Gasteiger partial charge is 0.321 e. The molecule has 0 aliphatic rings. The summed E-state index contributed by atoms with van der Waals surface area (Å²) in [5.41, 5.74) is 8.15. The summed E-state index contributed by atoms with van der Waals surface area (Å²) in [6.07, 6.45) is 2.25. The van der Waals surface area contributed by atoms with Gasteiger partial charge in [0.05, 0.1) is 13.2 Å². The number of nitrogens with one attached hydrogen (secondary N) is 2. The van der Waals surface area contributed by atoms with Gasteiger partial charge in [-0.15, -0.1) is 0 Å². The largest absolute Gasteiger partial charge is 0.493 e. The number of anilines is 1. The number of nitrogens with zero attached hydrogens (tertiary/aromatic N) is 3. The minimum Gasteiger partial charge on any atom is -0.493 e. The maximum atomic E-state index is 12.3. The number of nitrogens with two attached hydrogens (primary N) is 1. The average Bonchev–Trinajstić information content (AvgIpc) is 2.90. The van der Waals surface area contributed by atoms with E-state index in [4.69, 9.17) is 15.2 Å². The van der Waals surface area contributed by atoms with Gasteiger partial charge in [0.2, 0.25) is 5.95 Å². The summed E-state index contributed by atoms with van der Waals surface area (Å²) < 4.78 is 11.1. The van der Waals surface area contributed by atoms with E-state index in [1.54, 1.807) is 0 Å². The SMILES string of the molecule is CCOc1nc(Cc2ccc(C(=O)NCCCCN)cc2)nc(NCc2ccc(OCCBr)cc2)n1. The second kappa shape index (κ2) is 15.0. The highest BCUT2D eigenvalue weighted by Gasteiger charge is 2.10. The van der Waals surface area contributed by atoms with Crippen LogP contribution < -0.4 is 25.8 Å². The average molecular weight is 557 g/mol. The Balaban J connectivity index is 1.62. The number of benzene rings is 2. The molecule has 0 atom stereocenters. The number of hydrogen-bond acceptors (Lipinski definition) is 8. The van der Waals surface area contributed by atoms with Gasteiger partial charge in [-0.25, -0.2) is 0 Å². The molecule has 1 aromatic heterocycles. The van der Waals surface area contributed by atoms with E-state index in [0.29, 0.717) is 56.6 Å². The molecule has 36 heavy (non-hydrogen) atoms. The van der Waals surface area contributed by atoms with E-state index in [9.17, 15) is 4.79 Å². The molecule has 0 fully saturated rings. The van der Waals surface area contributed by atoms with E-state index in [0.717, 1.165) is 35.0 Å². The lowest BCUT2D eigenvalue weighted by atomic mass is 10.1. The van der Waals surface area contributed by atoms with E-state index in [2.05, 4.69) is 41.5 Å². The van der Waals surface area contributed by atoms with Crippen LogP contribution in [0, 0.1) is 0 Å². The molecule has 4 N–H and O–H groups in total. The first-order chi connectivity index (χ1) is 17.6. The third-order valence-electron chi connectivity index (χ3n) is 5.15. The maximum absolute atomic E-state index is 12.3. The van der Waals surface area contributed by atoms with Crippen LogP contribution in [0.15, 0.2) is 48.5 Å². The Morgan fingerprint density at radius 3 is 2.42 bits per heavy atom. The number of amides is 1. The zero-order chi connectivity index (χ0) is 25.6. The van der Waals surface area contributed by atoms with Crippen molar-refractivity contribution in [2.45, 2.75) is 32.7 Å². The van der Waals surface area contributed by atoms with E-state index in [1.165, 1.54) is 0 Å². The molecule has 3 aromatic rings. The van der Waals surface area contributed by atoms with Crippen LogP contribution >= 0.6 is 15.9 Å². The molecule has 10 heteroatoms. The Morgan fingerprint density at radius 2 is 1.72 bits per heavy atom. The van der Waals surface area contributed by atoms with Crippen molar-refractivity contribution in [2.24, 2.45) is 5.73 Å². The predicted octanol–water partition coefficient (Wildman–Crippen LogP) is 3.72. The summed E-state index contributed by atoms with van der Waals surface area (Å²) in [7, 11) is 0. The summed E-state index contributed by atoms with van der Waals surface area (Å²) in [5, 5.41) is 6.95. The number of ether oxygens (including phenoxy) is 2. The van der Waals surface area contributed by atoms with E-state index in [-0.39, 0.29) is 11.9 Å². The van der Waals surface area contributed by atoms with Crippen molar-refractivity contribution in [1.29, 1.82) is 0 Å². The van der Waals surface area contributed by atoms with Crippen molar-refractivity contribution >= 4 is 27.8 Å². The Hall–Kier alpha value is -3.24.